The lowest BCUT2D eigenvalue weighted by Gasteiger charge is -2.20. The number of piperidine rings is 1. The van der Waals surface area contributed by atoms with Gasteiger partial charge in [-0.1, -0.05) is 0 Å². The Balaban J connectivity index is 1.99. The molecule has 118 valence electrons. The molecule has 3 rings (SSSR count). The fourth-order valence-corrected chi connectivity index (χ4v) is 4.01. The summed E-state index contributed by atoms with van der Waals surface area (Å²) in [6.45, 7) is 4.30. The summed E-state index contributed by atoms with van der Waals surface area (Å²) in [7, 11) is 3.38. The van der Waals surface area contributed by atoms with Gasteiger partial charge in [0.05, 0.1) is 24.9 Å². The van der Waals surface area contributed by atoms with Crippen molar-refractivity contribution in [2.45, 2.75) is 25.7 Å². The molecule has 5 heteroatoms. The number of methoxy groups -OCH3 is 2. The summed E-state index contributed by atoms with van der Waals surface area (Å²) in [4.78, 5) is 6.18. The molecule has 0 radical (unpaired) electrons. The molecule has 2 aromatic rings. The fourth-order valence-electron chi connectivity index (χ4n) is 2.91. The monoisotopic (exact) mass is 318 g/mol. The normalized spacial score (nSPS) is 15.8. The lowest BCUT2D eigenvalue weighted by atomic mass is 9.99. The molecule has 4 nitrogen and oxygen atoms in total. The Bertz CT molecular complexity index is 648. The van der Waals surface area contributed by atoms with Crippen molar-refractivity contribution in [2.24, 2.45) is 0 Å². The van der Waals surface area contributed by atoms with Crippen LogP contribution in [0.5, 0.6) is 11.5 Å². The number of thiazole rings is 1. The van der Waals surface area contributed by atoms with Gasteiger partial charge >= 0.3 is 0 Å². The fraction of sp³-hybridized carbons (Fsp3) is 0.471. The van der Waals surface area contributed by atoms with Gasteiger partial charge in [0, 0.05) is 16.4 Å². The van der Waals surface area contributed by atoms with Gasteiger partial charge in [-0.05, 0) is 51.1 Å². The second-order valence-corrected chi connectivity index (χ2v) is 6.78. The van der Waals surface area contributed by atoms with Crippen LogP contribution in [-0.2, 0) is 0 Å². The summed E-state index contributed by atoms with van der Waals surface area (Å²) in [6.07, 6.45) is 2.34. The highest BCUT2D eigenvalue weighted by molar-refractivity contribution is 7.12. The number of benzene rings is 1. The second-order valence-electron chi connectivity index (χ2n) is 5.55. The number of hydrogen-bond donors (Lipinski definition) is 1. The van der Waals surface area contributed by atoms with Crippen LogP contribution in [0.4, 0.5) is 0 Å². The van der Waals surface area contributed by atoms with Crippen LogP contribution in [0.2, 0.25) is 0 Å². The Labute approximate surface area is 135 Å². The number of nitrogens with zero attached hydrogens (tertiary/aromatic N) is 1. The lowest BCUT2D eigenvalue weighted by Crippen LogP contribution is -2.26. The molecule has 1 saturated heterocycles. The van der Waals surface area contributed by atoms with Gasteiger partial charge in [0.25, 0.3) is 0 Å². The third kappa shape index (κ3) is 2.96. The van der Waals surface area contributed by atoms with E-state index in [9.17, 15) is 0 Å². The van der Waals surface area contributed by atoms with Crippen molar-refractivity contribution in [2.75, 3.05) is 27.3 Å². The molecule has 1 aromatic carbocycles. The van der Waals surface area contributed by atoms with Crippen LogP contribution in [0, 0.1) is 6.92 Å². The molecule has 22 heavy (non-hydrogen) atoms. The molecular formula is C17H22N2O2S. The molecular weight excluding hydrogens is 296 g/mol. The highest BCUT2D eigenvalue weighted by Crippen LogP contribution is 2.39. The quantitative estimate of drug-likeness (QED) is 0.935. The Morgan fingerprint density at radius 1 is 1.18 bits per heavy atom. The van der Waals surface area contributed by atoms with E-state index in [1.165, 1.54) is 22.7 Å². The van der Waals surface area contributed by atoms with Gasteiger partial charge in [-0.25, -0.2) is 4.98 Å². The van der Waals surface area contributed by atoms with E-state index >= 15 is 0 Å². The summed E-state index contributed by atoms with van der Waals surface area (Å²) in [5, 5.41) is 4.66. The highest BCUT2D eigenvalue weighted by Gasteiger charge is 2.22. The Morgan fingerprint density at radius 3 is 2.64 bits per heavy atom. The first-order chi connectivity index (χ1) is 10.7. The summed E-state index contributed by atoms with van der Waals surface area (Å²) >= 11 is 1.81. The molecule has 0 saturated carbocycles. The maximum Gasteiger partial charge on any atom is 0.128 e. The van der Waals surface area contributed by atoms with Crippen molar-refractivity contribution >= 4 is 11.3 Å². The van der Waals surface area contributed by atoms with Crippen LogP contribution in [-0.4, -0.2) is 32.3 Å². The molecule has 1 fully saturated rings. The molecule has 1 aliphatic rings. The first-order valence-corrected chi connectivity index (χ1v) is 8.45. The van der Waals surface area contributed by atoms with Gasteiger partial charge in [0.2, 0.25) is 0 Å². The average Bonchev–Trinajstić information content (AvgIpc) is 2.96. The minimum atomic E-state index is 0.579. The van der Waals surface area contributed by atoms with Crippen molar-refractivity contribution in [1.82, 2.24) is 10.3 Å². The number of hydrogen-bond acceptors (Lipinski definition) is 5. The zero-order valence-electron chi connectivity index (χ0n) is 13.3. The molecule has 1 aromatic heterocycles. The number of ether oxygens (including phenoxy) is 2. The van der Waals surface area contributed by atoms with Crippen LogP contribution in [0.15, 0.2) is 18.2 Å². The van der Waals surface area contributed by atoms with Crippen molar-refractivity contribution in [3.8, 4) is 22.8 Å². The van der Waals surface area contributed by atoms with Crippen LogP contribution < -0.4 is 14.8 Å². The smallest absolute Gasteiger partial charge is 0.128 e. The molecule has 2 heterocycles. The average molecular weight is 318 g/mol. The van der Waals surface area contributed by atoms with E-state index in [1.807, 2.05) is 29.5 Å². The summed E-state index contributed by atoms with van der Waals surface area (Å²) in [5.41, 5.74) is 2.03. The highest BCUT2D eigenvalue weighted by atomic mass is 32.1. The molecule has 0 bridgehead atoms. The van der Waals surface area contributed by atoms with Crippen LogP contribution in [0.25, 0.3) is 11.3 Å². The van der Waals surface area contributed by atoms with E-state index in [1.54, 1.807) is 14.2 Å². The van der Waals surface area contributed by atoms with Gasteiger partial charge < -0.3 is 14.8 Å². The van der Waals surface area contributed by atoms with Crippen LogP contribution in [0.3, 0.4) is 0 Å². The maximum absolute atomic E-state index is 5.51. The number of rotatable bonds is 4. The van der Waals surface area contributed by atoms with E-state index in [2.05, 4.69) is 12.2 Å². The van der Waals surface area contributed by atoms with Crippen molar-refractivity contribution in [1.29, 1.82) is 0 Å². The number of aryl methyl sites for hydroxylation is 1. The molecule has 0 unspecified atom stereocenters. The third-order valence-corrected chi connectivity index (χ3v) is 5.30. The molecule has 0 atom stereocenters. The van der Waals surface area contributed by atoms with E-state index < -0.39 is 0 Å². The van der Waals surface area contributed by atoms with Gasteiger partial charge in [-0.15, -0.1) is 11.3 Å². The van der Waals surface area contributed by atoms with E-state index in [-0.39, 0.29) is 0 Å². The molecule has 1 N–H and O–H groups in total. The Hall–Kier alpha value is -1.59. The lowest BCUT2D eigenvalue weighted by molar-refractivity contribution is 0.404. The second kappa shape index (κ2) is 6.67. The Kier molecular flexibility index (Phi) is 4.64. The molecule has 0 spiro atoms. The zero-order chi connectivity index (χ0) is 15.5. The third-order valence-electron chi connectivity index (χ3n) is 4.16. The minimum Gasteiger partial charge on any atom is -0.497 e. The van der Waals surface area contributed by atoms with Gasteiger partial charge in [0.1, 0.15) is 11.5 Å². The minimum absolute atomic E-state index is 0.579. The standard InChI is InChI=1S/C17H22N2O2S/c1-11-16(14-10-13(20-2)4-5-15(14)21-3)19-17(22-11)12-6-8-18-9-7-12/h4-5,10,12,18H,6-9H2,1-3H3. The number of nitrogens with one attached hydrogen (secondary N) is 1. The van der Waals surface area contributed by atoms with Gasteiger partial charge in [-0.3, -0.25) is 0 Å². The van der Waals surface area contributed by atoms with Crippen LogP contribution >= 0.6 is 11.3 Å². The van der Waals surface area contributed by atoms with E-state index in [0.29, 0.717) is 5.92 Å². The SMILES string of the molecule is COc1ccc(OC)c(-c2nc(C3CCNCC3)sc2C)c1. The van der Waals surface area contributed by atoms with Crippen LogP contribution in [0.1, 0.15) is 28.6 Å². The maximum atomic E-state index is 5.51. The predicted molar refractivity (Wildman–Crippen MR) is 90.2 cm³/mol. The molecule has 0 aliphatic carbocycles. The molecule has 1 aliphatic heterocycles. The topological polar surface area (TPSA) is 43.4 Å². The zero-order valence-corrected chi connectivity index (χ0v) is 14.1. The first-order valence-electron chi connectivity index (χ1n) is 7.63. The van der Waals surface area contributed by atoms with Gasteiger partial charge in [-0.2, -0.15) is 0 Å². The van der Waals surface area contributed by atoms with Gasteiger partial charge in [0.15, 0.2) is 0 Å². The van der Waals surface area contributed by atoms with E-state index in [0.717, 1.165) is 35.8 Å². The van der Waals surface area contributed by atoms with E-state index in [4.69, 9.17) is 14.5 Å². The summed E-state index contributed by atoms with van der Waals surface area (Å²) < 4.78 is 10.9. The van der Waals surface area contributed by atoms with Crippen molar-refractivity contribution < 1.29 is 9.47 Å². The molecule has 0 amide bonds. The summed E-state index contributed by atoms with van der Waals surface area (Å²) in [5.74, 6) is 2.24. The predicted octanol–water partition coefficient (Wildman–Crippen LogP) is 3.60. The first kappa shape index (κ1) is 15.3. The number of aromatic nitrogens is 1. The summed E-state index contributed by atoms with van der Waals surface area (Å²) in [6, 6.07) is 5.86. The largest absolute Gasteiger partial charge is 0.497 e. The van der Waals surface area contributed by atoms with Crippen molar-refractivity contribution in [3.63, 3.8) is 0 Å². The Morgan fingerprint density at radius 2 is 1.95 bits per heavy atom. The van der Waals surface area contributed by atoms with Crippen molar-refractivity contribution in [3.05, 3.63) is 28.1 Å².